The third-order valence-corrected chi connectivity index (χ3v) is 5.18. The molecule has 1 aromatic heterocycles. The van der Waals surface area contributed by atoms with Gasteiger partial charge in [0.25, 0.3) is 0 Å². The molecule has 2 N–H and O–H groups in total. The molecule has 0 bridgehead atoms. The average Bonchev–Trinajstić information content (AvgIpc) is 3.06. The molecular weight excluding hydrogens is 392 g/mol. The van der Waals surface area contributed by atoms with Gasteiger partial charge in [0.2, 0.25) is 5.91 Å². The molecular formula is C21H23ClN4OS. The smallest absolute Gasteiger partial charge is 0.222 e. The van der Waals surface area contributed by atoms with Crippen LogP contribution >= 0.6 is 23.8 Å². The number of hydrogen-bond donors (Lipinski definition) is 2. The van der Waals surface area contributed by atoms with E-state index in [0.717, 1.165) is 28.9 Å². The number of aromatic nitrogens is 3. The summed E-state index contributed by atoms with van der Waals surface area (Å²) < 4.78 is 2.38. The lowest BCUT2D eigenvalue weighted by atomic mass is 10.0. The largest absolute Gasteiger partial charge is 0.349 e. The molecule has 0 aliphatic rings. The summed E-state index contributed by atoms with van der Waals surface area (Å²) in [6.45, 7) is 4.53. The highest BCUT2D eigenvalue weighted by Gasteiger charge is 2.15. The first-order valence-corrected chi connectivity index (χ1v) is 10.0. The standard InChI is InChI=1S/C21H23ClN4OS/c1-3-18(15-7-9-17(22)10-8-15)23-19(27)11-12-26-20(24-25-21(26)28)16-6-4-5-14(2)13-16/h4-10,13,18H,3,11-12H2,1-2H3,(H,23,27)(H,25,28)/t18-/m1/s1. The van der Waals surface area contributed by atoms with Gasteiger partial charge in [0, 0.05) is 23.6 Å². The van der Waals surface area contributed by atoms with Crippen molar-refractivity contribution in [3.05, 3.63) is 69.5 Å². The monoisotopic (exact) mass is 414 g/mol. The molecule has 3 aromatic rings. The maximum Gasteiger partial charge on any atom is 0.222 e. The molecule has 0 unspecified atom stereocenters. The van der Waals surface area contributed by atoms with E-state index in [9.17, 15) is 4.79 Å². The van der Waals surface area contributed by atoms with E-state index in [4.69, 9.17) is 23.8 Å². The first-order valence-electron chi connectivity index (χ1n) is 9.25. The van der Waals surface area contributed by atoms with Crippen molar-refractivity contribution in [1.29, 1.82) is 0 Å². The Morgan fingerprint density at radius 1 is 1.29 bits per heavy atom. The van der Waals surface area contributed by atoms with Crippen LogP contribution in [0.1, 0.15) is 36.9 Å². The van der Waals surface area contributed by atoms with Gasteiger partial charge in [-0.05, 0) is 49.3 Å². The zero-order valence-corrected chi connectivity index (χ0v) is 17.5. The number of hydrogen-bond acceptors (Lipinski definition) is 3. The van der Waals surface area contributed by atoms with Crippen molar-refractivity contribution in [1.82, 2.24) is 20.1 Å². The minimum absolute atomic E-state index is 0.0277. The van der Waals surface area contributed by atoms with E-state index < -0.39 is 0 Å². The lowest BCUT2D eigenvalue weighted by Gasteiger charge is -2.18. The molecule has 28 heavy (non-hydrogen) atoms. The van der Waals surface area contributed by atoms with Gasteiger partial charge in [0.05, 0.1) is 6.04 Å². The molecule has 0 spiro atoms. The molecule has 0 fully saturated rings. The van der Waals surface area contributed by atoms with Gasteiger partial charge in [-0.25, -0.2) is 0 Å². The predicted molar refractivity (Wildman–Crippen MR) is 115 cm³/mol. The third-order valence-electron chi connectivity index (χ3n) is 4.61. The maximum absolute atomic E-state index is 12.5. The first-order chi connectivity index (χ1) is 13.5. The summed E-state index contributed by atoms with van der Waals surface area (Å²) >= 11 is 11.3. The number of benzene rings is 2. The minimum atomic E-state index is -0.0432. The molecule has 5 nitrogen and oxygen atoms in total. The highest BCUT2D eigenvalue weighted by Crippen LogP contribution is 2.21. The Morgan fingerprint density at radius 2 is 2.04 bits per heavy atom. The fraction of sp³-hybridized carbons (Fsp3) is 0.286. The zero-order chi connectivity index (χ0) is 20.1. The van der Waals surface area contributed by atoms with Crippen LogP contribution in [0.25, 0.3) is 11.4 Å². The third kappa shape index (κ3) is 4.88. The van der Waals surface area contributed by atoms with E-state index in [2.05, 4.69) is 21.6 Å². The van der Waals surface area contributed by atoms with Gasteiger partial charge in [0.15, 0.2) is 10.6 Å². The first kappa shape index (κ1) is 20.3. The highest BCUT2D eigenvalue weighted by molar-refractivity contribution is 7.71. The van der Waals surface area contributed by atoms with Gasteiger partial charge in [-0.3, -0.25) is 14.5 Å². The lowest BCUT2D eigenvalue weighted by molar-refractivity contribution is -0.122. The van der Waals surface area contributed by atoms with Crippen LogP contribution in [0.5, 0.6) is 0 Å². The summed E-state index contributed by atoms with van der Waals surface area (Å²) in [5.74, 6) is 0.714. The van der Waals surface area contributed by atoms with Crippen molar-refractivity contribution < 1.29 is 4.79 Å². The van der Waals surface area contributed by atoms with E-state index in [1.807, 2.05) is 60.9 Å². The van der Waals surface area contributed by atoms with Crippen molar-refractivity contribution in [2.24, 2.45) is 0 Å². The van der Waals surface area contributed by atoms with Crippen molar-refractivity contribution in [3.63, 3.8) is 0 Å². The number of carbonyl (C=O) groups is 1. The summed E-state index contributed by atoms with van der Waals surface area (Å²) in [6, 6.07) is 15.6. The molecule has 0 aliphatic carbocycles. The van der Waals surface area contributed by atoms with Crippen LogP contribution in [0.3, 0.4) is 0 Å². The Hall–Kier alpha value is -2.44. The van der Waals surface area contributed by atoms with Gasteiger partial charge in [0.1, 0.15) is 0 Å². The van der Waals surface area contributed by atoms with Crippen LogP contribution in [0, 0.1) is 11.7 Å². The summed E-state index contributed by atoms with van der Waals surface area (Å²) in [6.07, 6.45) is 1.11. The summed E-state index contributed by atoms with van der Waals surface area (Å²) in [5.41, 5.74) is 3.16. The molecule has 3 rings (SSSR count). The van der Waals surface area contributed by atoms with E-state index in [-0.39, 0.29) is 11.9 Å². The normalized spacial score (nSPS) is 12.0. The molecule has 1 heterocycles. The van der Waals surface area contributed by atoms with E-state index in [1.54, 1.807) is 0 Å². The molecule has 1 atom stereocenters. The van der Waals surface area contributed by atoms with Crippen molar-refractivity contribution in [2.45, 2.75) is 39.3 Å². The van der Waals surface area contributed by atoms with Crippen LogP contribution in [-0.4, -0.2) is 20.7 Å². The molecule has 2 aromatic carbocycles. The van der Waals surface area contributed by atoms with Crippen LogP contribution < -0.4 is 5.32 Å². The van der Waals surface area contributed by atoms with Crippen LogP contribution in [0.2, 0.25) is 5.02 Å². The molecule has 146 valence electrons. The molecule has 1 amide bonds. The van der Waals surface area contributed by atoms with Crippen molar-refractivity contribution in [3.8, 4) is 11.4 Å². The summed E-state index contributed by atoms with van der Waals surface area (Å²) in [5, 5.41) is 10.9. The Kier molecular flexibility index (Phi) is 6.65. The number of H-pyrrole nitrogens is 1. The lowest BCUT2D eigenvalue weighted by Crippen LogP contribution is -2.29. The highest BCUT2D eigenvalue weighted by atomic mass is 35.5. The van der Waals surface area contributed by atoms with E-state index in [1.165, 1.54) is 0 Å². The number of rotatable bonds is 7. The molecule has 0 aliphatic heterocycles. The molecule has 0 saturated heterocycles. The number of halogens is 1. The zero-order valence-electron chi connectivity index (χ0n) is 15.9. The average molecular weight is 415 g/mol. The molecule has 7 heteroatoms. The Labute approximate surface area is 174 Å². The van der Waals surface area contributed by atoms with E-state index in [0.29, 0.717) is 22.8 Å². The van der Waals surface area contributed by atoms with Gasteiger partial charge >= 0.3 is 0 Å². The number of carbonyl (C=O) groups excluding carboxylic acids is 1. The Morgan fingerprint density at radius 3 is 2.71 bits per heavy atom. The van der Waals surface area contributed by atoms with Crippen LogP contribution in [-0.2, 0) is 11.3 Å². The molecule has 0 saturated carbocycles. The second-order valence-electron chi connectivity index (χ2n) is 6.70. The van der Waals surface area contributed by atoms with E-state index >= 15 is 0 Å². The van der Waals surface area contributed by atoms with Crippen molar-refractivity contribution in [2.75, 3.05) is 0 Å². The van der Waals surface area contributed by atoms with Crippen LogP contribution in [0.15, 0.2) is 48.5 Å². The Bertz CT molecular complexity index is 1010. The SMILES string of the molecule is CC[C@@H](NC(=O)CCn1c(-c2cccc(C)c2)n[nH]c1=S)c1ccc(Cl)cc1. The number of amides is 1. The quantitative estimate of drug-likeness (QED) is 0.520. The fourth-order valence-corrected chi connectivity index (χ4v) is 3.48. The Balaban J connectivity index is 1.69. The summed E-state index contributed by atoms with van der Waals surface area (Å²) in [7, 11) is 0. The van der Waals surface area contributed by atoms with Gasteiger partial charge in [-0.1, -0.05) is 54.4 Å². The minimum Gasteiger partial charge on any atom is -0.349 e. The second kappa shape index (κ2) is 9.17. The van der Waals surface area contributed by atoms with Crippen LogP contribution in [0.4, 0.5) is 0 Å². The topological polar surface area (TPSA) is 62.7 Å². The summed E-state index contributed by atoms with van der Waals surface area (Å²) in [4.78, 5) is 12.5. The number of aromatic amines is 1. The maximum atomic E-state index is 12.5. The second-order valence-corrected chi connectivity index (χ2v) is 7.53. The van der Waals surface area contributed by atoms with Gasteiger partial charge in [-0.2, -0.15) is 5.10 Å². The fourth-order valence-electron chi connectivity index (χ4n) is 3.13. The van der Waals surface area contributed by atoms with Gasteiger partial charge in [-0.15, -0.1) is 0 Å². The number of nitrogens with zero attached hydrogens (tertiary/aromatic N) is 2. The van der Waals surface area contributed by atoms with Gasteiger partial charge < -0.3 is 5.32 Å². The van der Waals surface area contributed by atoms with Crippen molar-refractivity contribution >= 4 is 29.7 Å². The molecule has 0 radical (unpaired) electrons. The number of aryl methyl sites for hydroxylation is 1. The number of nitrogens with one attached hydrogen (secondary N) is 2. The predicted octanol–water partition coefficient (Wildman–Crippen LogP) is 5.23.